The van der Waals surface area contributed by atoms with Crippen LogP contribution in [0.2, 0.25) is 0 Å². The van der Waals surface area contributed by atoms with Gasteiger partial charge in [-0.1, -0.05) is 115 Å². The van der Waals surface area contributed by atoms with Crippen molar-refractivity contribution in [3.05, 3.63) is 212 Å². The summed E-state index contributed by atoms with van der Waals surface area (Å²) in [5.74, 6) is 1.48. The van der Waals surface area contributed by atoms with Crippen LogP contribution in [-0.2, 0) is 0 Å². The van der Waals surface area contributed by atoms with Crippen LogP contribution in [0.5, 0.6) is 11.5 Å². The van der Waals surface area contributed by atoms with Crippen molar-refractivity contribution in [1.29, 1.82) is 0 Å². The van der Waals surface area contributed by atoms with Gasteiger partial charge < -0.3 is 13.9 Å². The third-order valence-electron chi connectivity index (χ3n) is 13.8. The molecule has 66 heavy (non-hydrogen) atoms. The van der Waals surface area contributed by atoms with E-state index in [2.05, 4.69) is 214 Å². The first-order chi connectivity index (χ1) is 32.8. The molecule has 0 saturated carbocycles. The fraction of sp³-hybridized carbons (Fsp3) is 0. The Labute approximate surface area is 376 Å². The van der Waals surface area contributed by atoms with E-state index in [1.807, 2.05) is 12.3 Å². The lowest BCUT2D eigenvalue weighted by Gasteiger charge is -2.17. The lowest BCUT2D eigenvalue weighted by atomic mass is 9.97. The Hall–Kier alpha value is -9.00. The Bertz CT molecular complexity index is 4510. The van der Waals surface area contributed by atoms with E-state index in [1.165, 1.54) is 37.8 Å². The van der Waals surface area contributed by atoms with Gasteiger partial charge in [0.2, 0.25) is 0 Å². The molecule has 0 unspecified atom stereocenters. The van der Waals surface area contributed by atoms with Crippen molar-refractivity contribution < 1.29 is 4.74 Å². The molecule has 6 heteroatoms. The van der Waals surface area contributed by atoms with Crippen LogP contribution in [-0.4, -0.2) is 23.5 Å². The molecular weight excluding hydrogens is 807 g/mol. The largest absolute Gasteiger partial charge is 0.457 e. The number of pyridine rings is 2. The minimum atomic E-state index is 0.731. The van der Waals surface area contributed by atoms with Gasteiger partial charge in [-0.05, 0) is 113 Å². The average molecular weight is 842 g/mol. The van der Waals surface area contributed by atoms with Crippen molar-refractivity contribution in [2.24, 2.45) is 0 Å². The van der Waals surface area contributed by atoms with Crippen LogP contribution in [0, 0.1) is 0 Å². The maximum atomic E-state index is 6.93. The molecule has 5 heterocycles. The third kappa shape index (κ3) is 4.74. The van der Waals surface area contributed by atoms with Gasteiger partial charge in [-0.2, -0.15) is 0 Å². The number of imidazole rings is 1. The van der Waals surface area contributed by atoms with E-state index in [4.69, 9.17) is 14.7 Å². The lowest BCUT2D eigenvalue weighted by molar-refractivity contribution is 0.484. The predicted octanol–water partition coefficient (Wildman–Crippen LogP) is 15.6. The highest BCUT2D eigenvalue weighted by atomic mass is 16.5. The average Bonchev–Trinajstić information content (AvgIpc) is 4.06. The predicted molar refractivity (Wildman–Crippen MR) is 273 cm³/mol. The first-order valence-electron chi connectivity index (χ1n) is 22.4. The van der Waals surface area contributed by atoms with Crippen LogP contribution >= 0.6 is 0 Å². The summed E-state index contributed by atoms with van der Waals surface area (Å²) in [5.41, 5.74) is 11.8. The van der Waals surface area contributed by atoms with E-state index in [9.17, 15) is 0 Å². The van der Waals surface area contributed by atoms with Gasteiger partial charge in [0, 0.05) is 60.7 Å². The molecule has 15 aromatic rings. The highest BCUT2D eigenvalue weighted by Crippen LogP contribution is 2.50. The van der Waals surface area contributed by atoms with Crippen molar-refractivity contribution in [2.75, 3.05) is 0 Å². The Morgan fingerprint density at radius 1 is 0.348 bits per heavy atom. The van der Waals surface area contributed by atoms with Gasteiger partial charge in [0.25, 0.3) is 0 Å². The summed E-state index contributed by atoms with van der Waals surface area (Å²) in [6, 6.07) is 73.6. The minimum Gasteiger partial charge on any atom is -0.457 e. The molecule has 0 spiro atoms. The fourth-order valence-electron chi connectivity index (χ4n) is 11.2. The zero-order chi connectivity index (χ0) is 43.0. The quantitative estimate of drug-likeness (QED) is 0.166. The monoisotopic (exact) mass is 841 g/mol. The van der Waals surface area contributed by atoms with Crippen LogP contribution in [0.25, 0.3) is 126 Å². The summed E-state index contributed by atoms with van der Waals surface area (Å²) in [6.07, 6.45) is 1.87. The number of hydrogen-bond acceptors (Lipinski definition) is 3. The molecule has 0 fully saturated rings. The zero-order valence-electron chi connectivity index (χ0n) is 35.4. The SMILES string of the molecule is c1ccc(-n2c3ccccc3c3c2c2c4ccc(Oc5ccc6c7ccccc7c7cccnc7c6c5)cc4c4nc5ccccc5n4c2c2c4ccccc4n(-c4ccccc4)c32)cc1. The number of rotatable bonds is 4. The van der Waals surface area contributed by atoms with Crippen LogP contribution in [0.3, 0.4) is 0 Å². The summed E-state index contributed by atoms with van der Waals surface area (Å²) in [4.78, 5) is 10.4. The van der Waals surface area contributed by atoms with E-state index in [0.29, 0.717) is 0 Å². The second kappa shape index (κ2) is 13.3. The molecular formula is C60H35N5O. The molecule has 0 saturated heterocycles. The van der Waals surface area contributed by atoms with Gasteiger partial charge in [-0.25, -0.2) is 4.98 Å². The number of fused-ring (bicyclic) bond motifs is 23. The van der Waals surface area contributed by atoms with E-state index in [1.54, 1.807) is 0 Å². The van der Waals surface area contributed by atoms with Crippen LogP contribution < -0.4 is 4.74 Å². The number of nitrogens with zero attached hydrogens (tertiary/aromatic N) is 5. The van der Waals surface area contributed by atoms with Gasteiger partial charge >= 0.3 is 0 Å². The summed E-state index contributed by atoms with van der Waals surface area (Å²) >= 11 is 0. The van der Waals surface area contributed by atoms with Gasteiger partial charge in [-0.15, -0.1) is 0 Å². The standard InChI is InChI=1S/C60H35N5O/c1-3-16-36(17-4-1)63-50-26-12-9-22-45(50)54-57(63)53-43-32-30-39(66-38-29-31-42-40-20-7-8-21-41(40)44-24-15-33-61-56(44)47(42)34-38)35-48(43)60-62-49-25-11-14-28-52(49)65(60)59(53)55-46-23-10-13-27-51(46)64(58(54)55)37-18-5-2-6-19-37/h1-35H. The van der Waals surface area contributed by atoms with Crippen molar-refractivity contribution in [3.63, 3.8) is 0 Å². The maximum absolute atomic E-state index is 6.93. The molecule has 0 aliphatic carbocycles. The number of hydrogen-bond donors (Lipinski definition) is 0. The molecule has 10 aromatic carbocycles. The smallest absolute Gasteiger partial charge is 0.146 e. The molecule has 5 aromatic heterocycles. The highest BCUT2D eigenvalue weighted by molar-refractivity contribution is 6.40. The van der Waals surface area contributed by atoms with Crippen molar-refractivity contribution in [2.45, 2.75) is 0 Å². The van der Waals surface area contributed by atoms with E-state index < -0.39 is 0 Å². The lowest BCUT2D eigenvalue weighted by Crippen LogP contribution is -1.99. The first kappa shape index (κ1) is 35.5. The Morgan fingerprint density at radius 3 is 1.50 bits per heavy atom. The molecule has 0 aliphatic heterocycles. The van der Waals surface area contributed by atoms with Gasteiger partial charge in [0.15, 0.2) is 0 Å². The van der Waals surface area contributed by atoms with Crippen LogP contribution in [0.1, 0.15) is 0 Å². The summed E-state index contributed by atoms with van der Waals surface area (Å²) in [6.45, 7) is 0. The topological polar surface area (TPSA) is 49.3 Å². The Kier molecular flexibility index (Phi) is 7.13. The van der Waals surface area contributed by atoms with Crippen molar-refractivity contribution >= 4 is 114 Å². The second-order valence-electron chi connectivity index (χ2n) is 17.3. The fourth-order valence-corrected chi connectivity index (χ4v) is 11.2. The summed E-state index contributed by atoms with van der Waals surface area (Å²) in [7, 11) is 0. The number of aromatic nitrogens is 5. The third-order valence-corrected chi connectivity index (χ3v) is 13.8. The van der Waals surface area contributed by atoms with Gasteiger partial charge in [-0.3, -0.25) is 9.38 Å². The van der Waals surface area contributed by atoms with E-state index in [-0.39, 0.29) is 0 Å². The van der Waals surface area contributed by atoms with Crippen molar-refractivity contribution in [1.82, 2.24) is 23.5 Å². The summed E-state index contributed by atoms with van der Waals surface area (Å²) < 4.78 is 14.3. The number of para-hydroxylation sites is 6. The van der Waals surface area contributed by atoms with Crippen LogP contribution in [0.4, 0.5) is 0 Å². The van der Waals surface area contributed by atoms with Gasteiger partial charge in [0.05, 0.1) is 44.1 Å². The normalized spacial score (nSPS) is 12.2. The summed E-state index contributed by atoms with van der Waals surface area (Å²) in [5, 5.41) is 13.8. The molecule has 15 rings (SSSR count). The Balaban J connectivity index is 1.12. The zero-order valence-corrected chi connectivity index (χ0v) is 35.4. The number of ether oxygens (including phenoxy) is 1. The molecule has 6 nitrogen and oxygen atoms in total. The van der Waals surface area contributed by atoms with Crippen LogP contribution in [0.15, 0.2) is 212 Å². The van der Waals surface area contributed by atoms with Gasteiger partial charge in [0.1, 0.15) is 17.1 Å². The number of benzene rings is 10. The molecule has 0 amide bonds. The molecule has 0 radical (unpaired) electrons. The molecule has 0 N–H and O–H groups in total. The first-order valence-corrected chi connectivity index (χ1v) is 22.4. The second-order valence-corrected chi connectivity index (χ2v) is 17.3. The highest BCUT2D eigenvalue weighted by Gasteiger charge is 2.28. The Morgan fingerprint density at radius 2 is 0.833 bits per heavy atom. The van der Waals surface area contributed by atoms with Crippen molar-refractivity contribution in [3.8, 4) is 22.9 Å². The molecule has 0 aliphatic rings. The molecule has 306 valence electrons. The minimum absolute atomic E-state index is 0.731. The molecule has 0 atom stereocenters. The van der Waals surface area contributed by atoms with E-state index in [0.717, 1.165) is 99.5 Å². The molecule has 0 bridgehead atoms. The maximum Gasteiger partial charge on any atom is 0.146 e. The van der Waals surface area contributed by atoms with E-state index >= 15 is 0 Å².